The average Bonchev–Trinajstić information content (AvgIpc) is 2.36. The highest BCUT2D eigenvalue weighted by Crippen LogP contribution is 2.28. The first kappa shape index (κ1) is 19.6. The van der Waals surface area contributed by atoms with Crippen molar-refractivity contribution in [2.24, 2.45) is 0 Å². The van der Waals surface area contributed by atoms with E-state index in [2.05, 4.69) is 10.1 Å². The zero-order valence-electron chi connectivity index (χ0n) is 13.6. The van der Waals surface area contributed by atoms with Gasteiger partial charge in [0.05, 0.1) is 17.9 Å². The summed E-state index contributed by atoms with van der Waals surface area (Å²) in [4.78, 5) is 23.7. The molecule has 9 heteroatoms. The topological polar surface area (TPSA) is 73.9 Å². The highest BCUT2D eigenvalue weighted by Gasteiger charge is 2.32. The number of hydrogen-bond acceptors (Lipinski definition) is 5. The summed E-state index contributed by atoms with van der Waals surface area (Å²) in [6.45, 7) is 6.46. The standard InChI is InChI=1S/C15H18F3NO5/c1-5-22-12(20)10-8-9(23-15(16,17)18)6-7-11(10)19-13(21)24-14(2,3)4/h6-8H,5H2,1-4H3,(H,19,21). The molecular weight excluding hydrogens is 331 g/mol. The molecule has 1 rings (SSSR count). The van der Waals surface area contributed by atoms with Crippen LogP contribution in [0, 0.1) is 0 Å². The molecule has 1 amide bonds. The summed E-state index contributed by atoms with van der Waals surface area (Å²) in [6, 6.07) is 2.89. The number of anilines is 1. The molecule has 1 N–H and O–H groups in total. The molecule has 0 bridgehead atoms. The Morgan fingerprint density at radius 3 is 2.29 bits per heavy atom. The van der Waals surface area contributed by atoms with Gasteiger partial charge < -0.3 is 14.2 Å². The van der Waals surface area contributed by atoms with Gasteiger partial charge in [0.2, 0.25) is 0 Å². The van der Waals surface area contributed by atoms with Gasteiger partial charge in [-0.05, 0) is 45.9 Å². The van der Waals surface area contributed by atoms with E-state index >= 15 is 0 Å². The maximum atomic E-state index is 12.3. The quantitative estimate of drug-likeness (QED) is 0.828. The predicted molar refractivity (Wildman–Crippen MR) is 78.9 cm³/mol. The number of rotatable bonds is 4. The lowest BCUT2D eigenvalue weighted by Gasteiger charge is -2.20. The van der Waals surface area contributed by atoms with Gasteiger partial charge >= 0.3 is 18.4 Å². The lowest BCUT2D eigenvalue weighted by molar-refractivity contribution is -0.274. The summed E-state index contributed by atoms with van der Waals surface area (Å²) in [5.74, 6) is -1.52. The summed E-state index contributed by atoms with van der Waals surface area (Å²) < 4.78 is 50.4. The van der Waals surface area contributed by atoms with Gasteiger partial charge in [-0.15, -0.1) is 13.2 Å². The molecule has 0 saturated carbocycles. The fraction of sp³-hybridized carbons (Fsp3) is 0.467. The van der Waals surface area contributed by atoms with Crippen LogP contribution < -0.4 is 10.1 Å². The minimum absolute atomic E-state index is 0.00899. The molecule has 0 fully saturated rings. The number of esters is 1. The number of halogens is 3. The second kappa shape index (κ2) is 7.41. The van der Waals surface area contributed by atoms with Crippen molar-refractivity contribution in [2.45, 2.75) is 39.7 Å². The third-order valence-electron chi connectivity index (χ3n) is 2.36. The second-order valence-electron chi connectivity index (χ2n) is 5.60. The van der Waals surface area contributed by atoms with E-state index in [9.17, 15) is 22.8 Å². The number of carbonyl (C=O) groups is 2. The normalized spacial score (nSPS) is 11.6. The molecule has 0 spiro atoms. The van der Waals surface area contributed by atoms with Gasteiger partial charge in [0, 0.05) is 0 Å². The van der Waals surface area contributed by atoms with Crippen molar-refractivity contribution in [2.75, 3.05) is 11.9 Å². The second-order valence-corrected chi connectivity index (χ2v) is 5.60. The minimum Gasteiger partial charge on any atom is -0.462 e. The number of benzene rings is 1. The van der Waals surface area contributed by atoms with Crippen molar-refractivity contribution in [3.05, 3.63) is 23.8 Å². The predicted octanol–water partition coefficient (Wildman–Crippen LogP) is 4.11. The molecule has 0 aliphatic heterocycles. The van der Waals surface area contributed by atoms with E-state index in [0.29, 0.717) is 0 Å². The van der Waals surface area contributed by atoms with E-state index in [4.69, 9.17) is 9.47 Å². The third kappa shape index (κ3) is 6.76. The number of hydrogen-bond donors (Lipinski definition) is 1. The fourth-order valence-corrected chi connectivity index (χ4v) is 1.62. The van der Waals surface area contributed by atoms with Gasteiger partial charge in [0.25, 0.3) is 0 Å². The van der Waals surface area contributed by atoms with E-state index in [1.807, 2.05) is 0 Å². The van der Waals surface area contributed by atoms with Gasteiger partial charge in [-0.25, -0.2) is 9.59 Å². The number of carbonyl (C=O) groups excluding carboxylic acids is 2. The number of nitrogens with one attached hydrogen (secondary N) is 1. The molecule has 0 radical (unpaired) electrons. The summed E-state index contributed by atoms with van der Waals surface area (Å²) in [7, 11) is 0. The summed E-state index contributed by atoms with van der Waals surface area (Å²) >= 11 is 0. The Bertz CT molecular complexity index is 608. The van der Waals surface area contributed by atoms with Crippen molar-refractivity contribution >= 4 is 17.7 Å². The molecule has 6 nitrogen and oxygen atoms in total. The van der Waals surface area contributed by atoms with Crippen LogP contribution >= 0.6 is 0 Å². The Labute approximate surface area is 136 Å². The molecular formula is C15H18F3NO5. The largest absolute Gasteiger partial charge is 0.573 e. The van der Waals surface area contributed by atoms with Crippen LogP contribution in [0.15, 0.2) is 18.2 Å². The van der Waals surface area contributed by atoms with E-state index in [1.165, 1.54) is 6.92 Å². The van der Waals surface area contributed by atoms with Crippen LogP contribution in [-0.4, -0.2) is 30.6 Å². The summed E-state index contributed by atoms with van der Waals surface area (Å²) in [6.07, 6.45) is -5.77. The van der Waals surface area contributed by atoms with Crippen LogP contribution in [0.5, 0.6) is 5.75 Å². The van der Waals surface area contributed by atoms with Crippen LogP contribution in [0.1, 0.15) is 38.1 Å². The Morgan fingerprint density at radius 2 is 1.79 bits per heavy atom. The maximum Gasteiger partial charge on any atom is 0.573 e. The SMILES string of the molecule is CCOC(=O)c1cc(OC(F)(F)F)ccc1NC(=O)OC(C)(C)C. The van der Waals surface area contributed by atoms with Crippen molar-refractivity contribution in [1.82, 2.24) is 0 Å². The summed E-state index contributed by atoms with van der Waals surface area (Å²) in [5, 5.41) is 2.30. The monoisotopic (exact) mass is 349 g/mol. The molecule has 1 aromatic rings. The number of ether oxygens (including phenoxy) is 3. The highest BCUT2D eigenvalue weighted by atomic mass is 19.4. The number of amides is 1. The Morgan fingerprint density at radius 1 is 1.17 bits per heavy atom. The van der Waals surface area contributed by atoms with E-state index < -0.39 is 29.8 Å². The van der Waals surface area contributed by atoms with Crippen LogP contribution in [0.2, 0.25) is 0 Å². The summed E-state index contributed by atoms with van der Waals surface area (Å²) in [5.41, 5.74) is -1.13. The van der Waals surface area contributed by atoms with E-state index in [-0.39, 0.29) is 17.9 Å². The molecule has 0 atom stereocenters. The highest BCUT2D eigenvalue weighted by molar-refractivity contribution is 6.00. The van der Waals surface area contributed by atoms with Crippen LogP contribution in [0.25, 0.3) is 0 Å². The Hall–Kier alpha value is -2.45. The van der Waals surface area contributed by atoms with Crippen LogP contribution in [-0.2, 0) is 9.47 Å². The van der Waals surface area contributed by atoms with E-state index in [1.54, 1.807) is 20.8 Å². The fourth-order valence-electron chi connectivity index (χ4n) is 1.62. The van der Waals surface area contributed by atoms with Crippen molar-refractivity contribution in [1.29, 1.82) is 0 Å². The smallest absolute Gasteiger partial charge is 0.462 e. The van der Waals surface area contributed by atoms with E-state index in [0.717, 1.165) is 18.2 Å². The van der Waals surface area contributed by atoms with Gasteiger partial charge in [-0.2, -0.15) is 0 Å². The Kier molecular flexibility index (Phi) is 6.05. The van der Waals surface area contributed by atoms with Crippen molar-refractivity contribution in [3.63, 3.8) is 0 Å². The zero-order valence-corrected chi connectivity index (χ0v) is 13.6. The van der Waals surface area contributed by atoms with Crippen LogP contribution in [0.4, 0.5) is 23.7 Å². The van der Waals surface area contributed by atoms with Crippen LogP contribution in [0.3, 0.4) is 0 Å². The third-order valence-corrected chi connectivity index (χ3v) is 2.36. The lowest BCUT2D eigenvalue weighted by atomic mass is 10.1. The van der Waals surface area contributed by atoms with Gasteiger partial charge in [-0.1, -0.05) is 0 Å². The Balaban J connectivity index is 3.09. The first-order valence-electron chi connectivity index (χ1n) is 6.98. The molecule has 0 aromatic heterocycles. The van der Waals surface area contributed by atoms with Gasteiger partial charge in [-0.3, -0.25) is 5.32 Å². The van der Waals surface area contributed by atoms with Crippen molar-refractivity contribution < 1.29 is 37.0 Å². The number of alkyl halides is 3. The molecule has 0 aliphatic carbocycles. The molecule has 134 valence electrons. The van der Waals surface area contributed by atoms with Crippen molar-refractivity contribution in [3.8, 4) is 5.75 Å². The molecule has 1 aromatic carbocycles. The zero-order chi connectivity index (χ0) is 18.5. The lowest BCUT2D eigenvalue weighted by Crippen LogP contribution is -2.28. The average molecular weight is 349 g/mol. The molecule has 0 unspecified atom stereocenters. The van der Waals surface area contributed by atoms with Gasteiger partial charge in [0.1, 0.15) is 11.4 Å². The molecule has 0 heterocycles. The minimum atomic E-state index is -4.91. The maximum absolute atomic E-state index is 12.3. The molecule has 0 aliphatic rings. The molecule has 0 saturated heterocycles. The van der Waals surface area contributed by atoms with Gasteiger partial charge in [0.15, 0.2) is 0 Å². The molecule has 24 heavy (non-hydrogen) atoms. The first-order valence-corrected chi connectivity index (χ1v) is 6.98. The first-order chi connectivity index (χ1) is 10.9.